The lowest BCUT2D eigenvalue weighted by molar-refractivity contribution is 0.248. The van der Waals surface area contributed by atoms with Crippen LogP contribution in [-0.4, -0.2) is 34.8 Å². The largest absolute Gasteiger partial charge is 0.306 e. The number of hydrogen-bond donors (Lipinski definition) is 0. The molecule has 0 unspecified atom stereocenters. The number of piperidine rings is 1. The molecule has 1 aromatic heterocycles. The third kappa shape index (κ3) is 2.14. The fourth-order valence-corrected chi connectivity index (χ4v) is 2.66. The van der Waals surface area contributed by atoms with Crippen molar-refractivity contribution in [3.05, 3.63) is 17.5 Å². The van der Waals surface area contributed by atoms with Gasteiger partial charge in [0.05, 0.1) is 6.20 Å². The summed E-state index contributed by atoms with van der Waals surface area (Å²) in [5.74, 6) is 0.709. The molecule has 3 nitrogen and oxygen atoms in total. The topological polar surface area (TPSA) is 21.1 Å². The van der Waals surface area contributed by atoms with Gasteiger partial charge in [-0.25, -0.2) is 0 Å². The van der Waals surface area contributed by atoms with E-state index in [9.17, 15) is 0 Å². The zero-order valence-corrected chi connectivity index (χ0v) is 10.9. The molecule has 0 aliphatic carbocycles. The smallest absolute Gasteiger partial charge is 0.0522 e. The Bertz CT molecular complexity index is 346. The van der Waals surface area contributed by atoms with Crippen molar-refractivity contribution in [2.75, 3.05) is 20.1 Å². The summed E-state index contributed by atoms with van der Waals surface area (Å²) in [6.45, 7) is 9.05. The predicted octanol–water partition coefficient (Wildman–Crippen LogP) is 2.58. The van der Waals surface area contributed by atoms with Crippen molar-refractivity contribution in [1.82, 2.24) is 14.7 Å². The number of aromatic nitrogens is 2. The van der Waals surface area contributed by atoms with Crippen LogP contribution < -0.4 is 0 Å². The Labute approximate surface area is 98.4 Å². The molecule has 1 aliphatic rings. The second kappa shape index (κ2) is 4.58. The standard InChI is InChI=1S/C13H23N3/c1-10(2)16-13(11(3)9-14-16)12-5-7-15(4)8-6-12/h9-10,12H,5-8H2,1-4H3. The van der Waals surface area contributed by atoms with Crippen molar-refractivity contribution >= 4 is 0 Å². The first kappa shape index (κ1) is 11.6. The Balaban J connectivity index is 2.22. The van der Waals surface area contributed by atoms with Crippen molar-refractivity contribution in [3.8, 4) is 0 Å². The van der Waals surface area contributed by atoms with Gasteiger partial charge in [-0.05, 0) is 59.3 Å². The highest BCUT2D eigenvalue weighted by molar-refractivity contribution is 5.21. The highest BCUT2D eigenvalue weighted by Crippen LogP contribution is 2.31. The molecule has 1 aromatic rings. The number of likely N-dealkylation sites (tertiary alicyclic amines) is 1. The van der Waals surface area contributed by atoms with E-state index in [0.717, 1.165) is 0 Å². The Morgan fingerprint density at radius 1 is 1.31 bits per heavy atom. The molecular weight excluding hydrogens is 198 g/mol. The minimum absolute atomic E-state index is 0.475. The molecule has 0 radical (unpaired) electrons. The minimum Gasteiger partial charge on any atom is -0.306 e. The number of hydrogen-bond acceptors (Lipinski definition) is 2. The summed E-state index contributed by atoms with van der Waals surface area (Å²) in [4.78, 5) is 2.42. The van der Waals surface area contributed by atoms with Gasteiger partial charge in [0, 0.05) is 17.7 Å². The molecule has 2 rings (SSSR count). The fourth-order valence-electron chi connectivity index (χ4n) is 2.66. The maximum Gasteiger partial charge on any atom is 0.0522 e. The van der Waals surface area contributed by atoms with Crippen LogP contribution in [0.5, 0.6) is 0 Å². The summed E-state index contributed by atoms with van der Waals surface area (Å²) >= 11 is 0. The summed E-state index contributed by atoms with van der Waals surface area (Å²) in [6.07, 6.45) is 4.57. The number of aryl methyl sites for hydroxylation is 1. The van der Waals surface area contributed by atoms with Crippen LogP contribution in [0.1, 0.15) is 49.9 Å². The SMILES string of the molecule is Cc1cnn(C(C)C)c1C1CCN(C)CC1. The van der Waals surface area contributed by atoms with E-state index in [-0.39, 0.29) is 0 Å². The highest BCUT2D eigenvalue weighted by Gasteiger charge is 2.24. The first-order valence-electron chi connectivity index (χ1n) is 6.32. The van der Waals surface area contributed by atoms with Gasteiger partial charge >= 0.3 is 0 Å². The lowest BCUT2D eigenvalue weighted by atomic mass is 9.91. The van der Waals surface area contributed by atoms with Crippen molar-refractivity contribution < 1.29 is 0 Å². The van der Waals surface area contributed by atoms with Crippen LogP contribution >= 0.6 is 0 Å². The molecule has 1 saturated heterocycles. The maximum absolute atomic E-state index is 4.51. The molecule has 0 atom stereocenters. The van der Waals surface area contributed by atoms with E-state index >= 15 is 0 Å². The summed E-state index contributed by atoms with van der Waals surface area (Å²) < 4.78 is 2.21. The maximum atomic E-state index is 4.51. The van der Waals surface area contributed by atoms with Crippen molar-refractivity contribution in [1.29, 1.82) is 0 Å². The molecular formula is C13H23N3. The molecule has 1 aliphatic heterocycles. The molecule has 2 heterocycles. The second-order valence-corrected chi connectivity index (χ2v) is 5.33. The summed E-state index contributed by atoms with van der Waals surface area (Å²) in [5, 5.41) is 4.51. The lowest BCUT2D eigenvalue weighted by Gasteiger charge is -2.30. The lowest BCUT2D eigenvalue weighted by Crippen LogP contribution is -2.30. The minimum atomic E-state index is 0.475. The van der Waals surface area contributed by atoms with E-state index in [4.69, 9.17) is 0 Å². The van der Waals surface area contributed by atoms with Crippen molar-refractivity contribution in [3.63, 3.8) is 0 Å². The molecule has 16 heavy (non-hydrogen) atoms. The van der Waals surface area contributed by atoms with Crippen molar-refractivity contribution in [2.45, 2.75) is 45.6 Å². The van der Waals surface area contributed by atoms with E-state index in [1.54, 1.807) is 0 Å². The molecule has 0 bridgehead atoms. The number of nitrogens with zero attached hydrogens (tertiary/aromatic N) is 3. The molecule has 0 amide bonds. The van der Waals surface area contributed by atoms with Gasteiger partial charge in [0.15, 0.2) is 0 Å². The Kier molecular flexibility index (Phi) is 3.33. The molecule has 0 spiro atoms. The van der Waals surface area contributed by atoms with Gasteiger partial charge in [-0.3, -0.25) is 4.68 Å². The Hall–Kier alpha value is -0.830. The summed E-state index contributed by atoms with van der Waals surface area (Å²) in [6, 6.07) is 0.475. The van der Waals surface area contributed by atoms with Crippen molar-refractivity contribution in [2.24, 2.45) is 0 Å². The van der Waals surface area contributed by atoms with E-state index in [1.807, 2.05) is 6.20 Å². The van der Waals surface area contributed by atoms with Gasteiger partial charge in [-0.15, -0.1) is 0 Å². The first-order chi connectivity index (χ1) is 7.59. The quantitative estimate of drug-likeness (QED) is 0.765. The van der Waals surface area contributed by atoms with E-state index in [0.29, 0.717) is 12.0 Å². The Morgan fingerprint density at radius 2 is 1.94 bits per heavy atom. The van der Waals surface area contributed by atoms with Crippen LogP contribution in [0.3, 0.4) is 0 Å². The van der Waals surface area contributed by atoms with Crippen LogP contribution in [-0.2, 0) is 0 Å². The van der Waals surface area contributed by atoms with E-state index in [1.165, 1.54) is 37.2 Å². The highest BCUT2D eigenvalue weighted by atomic mass is 15.3. The summed E-state index contributed by atoms with van der Waals surface area (Å²) in [5.41, 5.74) is 2.84. The number of rotatable bonds is 2. The van der Waals surface area contributed by atoms with Gasteiger partial charge in [-0.2, -0.15) is 5.10 Å². The van der Waals surface area contributed by atoms with Gasteiger partial charge < -0.3 is 4.90 Å². The van der Waals surface area contributed by atoms with E-state index < -0.39 is 0 Å². The molecule has 0 aromatic carbocycles. The average molecular weight is 221 g/mol. The fraction of sp³-hybridized carbons (Fsp3) is 0.769. The molecule has 3 heteroatoms. The van der Waals surface area contributed by atoms with Crippen LogP contribution in [0.15, 0.2) is 6.20 Å². The second-order valence-electron chi connectivity index (χ2n) is 5.33. The van der Waals surface area contributed by atoms with Gasteiger partial charge in [0.2, 0.25) is 0 Å². The normalized spacial score (nSPS) is 19.6. The third-order valence-electron chi connectivity index (χ3n) is 3.62. The van der Waals surface area contributed by atoms with Gasteiger partial charge in [-0.1, -0.05) is 0 Å². The van der Waals surface area contributed by atoms with Gasteiger partial charge in [0.1, 0.15) is 0 Å². The molecule has 1 fully saturated rings. The zero-order valence-electron chi connectivity index (χ0n) is 10.9. The molecule has 0 saturated carbocycles. The van der Waals surface area contributed by atoms with Gasteiger partial charge in [0.25, 0.3) is 0 Å². The summed E-state index contributed by atoms with van der Waals surface area (Å²) in [7, 11) is 2.21. The average Bonchev–Trinajstić information content (AvgIpc) is 2.62. The Morgan fingerprint density at radius 3 is 2.50 bits per heavy atom. The molecule has 0 N–H and O–H groups in total. The molecule has 90 valence electrons. The zero-order chi connectivity index (χ0) is 11.7. The van der Waals surface area contributed by atoms with Crippen LogP contribution in [0.25, 0.3) is 0 Å². The monoisotopic (exact) mass is 221 g/mol. The predicted molar refractivity (Wildman–Crippen MR) is 66.8 cm³/mol. The van der Waals surface area contributed by atoms with Crippen LogP contribution in [0, 0.1) is 6.92 Å². The van der Waals surface area contributed by atoms with E-state index in [2.05, 4.69) is 42.5 Å². The van der Waals surface area contributed by atoms with Crippen LogP contribution in [0.4, 0.5) is 0 Å². The van der Waals surface area contributed by atoms with Crippen LogP contribution in [0.2, 0.25) is 0 Å². The first-order valence-corrected chi connectivity index (χ1v) is 6.32. The third-order valence-corrected chi connectivity index (χ3v) is 3.62.